The Hall–Kier alpha value is -7.51. The van der Waals surface area contributed by atoms with Gasteiger partial charge >= 0.3 is 36.7 Å². The molecule has 0 saturated heterocycles. The number of aliphatic hydroxyl groups excluding tert-OH is 1. The number of halogens is 4. The second-order valence-electron chi connectivity index (χ2n) is 13.2. The van der Waals surface area contributed by atoms with Gasteiger partial charge in [0.05, 0.1) is 22.0 Å². The third kappa shape index (κ3) is 26.8. The van der Waals surface area contributed by atoms with Crippen molar-refractivity contribution in [1.82, 2.24) is 15.0 Å². The van der Waals surface area contributed by atoms with Gasteiger partial charge in [-0.2, -0.15) is 4.57 Å². The van der Waals surface area contributed by atoms with Crippen molar-refractivity contribution >= 4 is 59.5 Å². The normalized spacial score (nSPS) is 9.04. The van der Waals surface area contributed by atoms with Gasteiger partial charge in [0.1, 0.15) is 40.2 Å². The van der Waals surface area contributed by atoms with E-state index in [-0.39, 0.29) is 51.1 Å². The second-order valence-corrected chi connectivity index (χ2v) is 17.5. The maximum Gasteiger partial charge on any atom is 0.222 e. The van der Waals surface area contributed by atoms with Crippen LogP contribution in [0, 0.1) is 20.2 Å². The zero-order valence-corrected chi connectivity index (χ0v) is 46.5. The number of nitro benzene ring substituents is 2. The predicted octanol–water partition coefficient (Wildman–Crippen LogP) is 4.09. The molecule has 384 valence electrons. The molecule has 0 aliphatic heterocycles. The number of H-pyrrole nitrogens is 1. The minimum Gasteiger partial charge on any atom is -0.217 e. The number of aliphatic hydroxyl groups is 1. The molecule has 5 heterocycles. The monoisotopic (exact) mass is 1280 g/mol. The smallest absolute Gasteiger partial charge is 0.217 e. The number of hydrazine groups is 1. The molecule has 9 rings (SSSR count). The molecule has 0 fully saturated rings. The molecule has 0 amide bonds. The Balaban J connectivity index is 0.000000452. The van der Waals surface area contributed by atoms with Crippen LogP contribution < -0.4 is 74.7 Å². The molecular weight excluding hydrogens is 1230 g/mol. The van der Waals surface area contributed by atoms with Crippen molar-refractivity contribution in [3.63, 3.8) is 0 Å². The number of ether oxygens (including phenoxy) is 3. The standard InChI is InChI=1S/C11H11N3O.C11H8N2O3.C11H10N2O.C10H9N2.C6H5NO3.CH4O.2BrH.2ClH.Sn/c12-14-9-1-3-10(4-2-9)15-11-5-7-13-8-6-11;14-13(15)9-1-3-10(4-2-9)16-11-5-7-12-8-6-11;12-9-1-3-10(4-2-9)14-11-5-7-13-8-6-11;1-2-8-12(9-3-1)10-4-6-11-7-5-10;8-6-3-1-5(2-4-6)7(9)10;1-2;;;;;/h1-8,14H,12H2;1-8H;1-8H,12H2;1-9H;1-4,8H;2H,1H3;4*1H;/q;;;+1;;;;;;;+2/p-3. The molecule has 2 radical (unpaired) electrons. The number of nitrogens with one attached hydrogen (secondary N) is 2. The summed E-state index contributed by atoms with van der Waals surface area (Å²) in [6.45, 7) is 0. The fraction of sp³-hybridized carbons (Fsp3) is 0.0200. The molecular formula is C50H48Br2Cl2N10O9Sn. The molecule has 0 saturated carbocycles. The summed E-state index contributed by atoms with van der Waals surface area (Å²) < 4.78 is 18.6. The largest absolute Gasteiger partial charge is 0.222 e. The number of phenols is 1. The minimum atomic E-state index is -0.826. The van der Waals surface area contributed by atoms with Gasteiger partial charge in [-0.1, -0.05) is 6.07 Å². The number of aromatic amines is 1. The van der Waals surface area contributed by atoms with Crippen LogP contribution in [0.5, 0.6) is 40.2 Å². The van der Waals surface area contributed by atoms with Crippen molar-refractivity contribution in [3.8, 4) is 45.9 Å². The topological polar surface area (TPSA) is 275 Å². The Bertz CT molecular complexity index is 2810. The molecule has 4 aromatic carbocycles. The van der Waals surface area contributed by atoms with Crippen molar-refractivity contribution in [2.75, 3.05) is 18.3 Å². The van der Waals surface area contributed by atoms with Crippen LogP contribution in [-0.2, 0) is 0 Å². The number of non-ortho nitro benzene ring substituents is 2. The summed E-state index contributed by atoms with van der Waals surface area (Å²) in [7, 11) is 10.9. The Morgan fingerprint density at radius 1 is 0.554 bits per heavy atom. The van der Waals surface area contributed by atoms with Gasteiger partial charge in [0.2, 0.25) is 5.69 Å². The molecule has 0 aliphatic rings. The fourth-order valence-corrected chi connectivity index (χ4v) is 5.11. The van der Waals surface area contributed by atoms with Crippen LogP contribution in [0.4, 0.5) is 22.7 Å². The molecule has 0 bridgehead atoms. The molecule has 9 aromatic rings. The number of hydrogen-bond donors (Lipinski definition) is 5. The molecule has 24 heteroatoms. The minimum absolute atomic E-state index is 0. The van der Waals surface area contributed by atoms with E-state index in [4.69, 9.17) is 53.8 Å². The van der Waals surface area contributed by atoms with E-state index in [2.05, 4.69) is 29.9 Å². The summed E-state index contributed by atoms with van der Waals surface area (Å²) in [4.78, 5) is 34.2. The molecule has 0 unspecified atom stereocenters. The van der Waals surface area contributed by atoms with Crippen molar-refractivity contribution in [3.05, 3.63) is 246 Å². The average Bonchev–Trinajstić information content (AvgIpc) is 3.43. The Morgan fingerprint density at radius 2 is 0.878 bits per heavy atom. The van der Waals surface area contributed by atoms with Crippen LogP contribution in [0.15, 0.2) is 226 Å². The van der Waals surface area contributed by atoms with Gasteiger partial charge in [-0.25, -0.2) is 4.98 Å². The van der Waals surface area contributed by atoms with Crippen LogP contribution in [0.2, 0.25) is 0 Å². The summed E-state index contributed by atoms with van der Waals surface area (Å²) in [5.74, 6) is 9.55. The molecule has 0 atom stereocenters. The van der Waals surface area contributed by atoms with E-state index >= 15 is 0 Å². The first-order valence-electron chi connectivity index (χ1n) is 20.7. The number of anilines is 2. The number of aromatic nitrogens is 5. The average molecular weight is 1280 g/mol. The van der Waals surface area contributed by atoms with E-state index in [1.807, 2.05) is 91.5 Å². The number of nitrogens with two attached hydrogens (primary N) is 2. The Morgan fingerprint density at radius 3 is 1.23 bits per heavy atom. The number of aromatic hydroxyl groups is 1. The van der Waals surface area contributed by atoms with E-state index in [0.29, 0.717) is 11.5 Å². The number of nitrogens with zero attached hydrogens (tertiary/aromatic N) is 6. The SMILES string of the molecule is CO.NNc1ccc(Oc2ccncc2)cc1.Nc1ccc(Oc2ccncc2)cc1.O=[N+]([O-])c1ccc(O)cc1.O=[N+]([O-])c1ccc(Oc2ccncc2)cc1.[Br-].[Br-].[Cl][Sn][Cl].c1cc[n+](-c2cc[nH+]cc2)cc1. The molecule has 0 aliphatic carbocycles. The van der Waals surface area contributed by atoms with Crippen molar-refractivity contribution in [1.29, 1.82) is 0 Å². The molecule has 5 aromatic heterocycles. The van der Waals surface area contributed by atoms with E-state index < -0.39 is 28.7 Å². The zero-order valence-electron chi connectivity index (χ0n) is 39.0. The van der Waals surface area contributed by atoms with Gasteiger partial charge in [-0.3, -0.25) is 41.0 Å². The quantitative estimate of drug-likeness (QED) is 0.0322. The fourth-order valence-electron chi connectivity index (χ4n) is 5.11. The van der Waals surface area contributed by atoms with Gasteiger partial charge in [-0.15, -0.1) is 0 Å². The van der Waals surface area contributed by atoms with Crippen LogP contribution in [0.1, 0.15) is 0 Å². The summed E-state index contributed by atoms with van der Waals surface area (Å²) in [6, 6.07) is 46.3. The third-order valence-corrected chi connectivity index (χ3v) is 8.38. The first kappa shape index (κ1) is 64.5. The van der Waals surface area contributed by atoms with Gasteiger partial charge in [-0.05, 0) is 109 Å². The second kappa shape index (κ2) is 39.1. The summed E-state index contributed by atoms with van der Waals surface area (Å²) in [5, 5.41) is 36.2. The van der Waals surface area contributed by atoms with Gasteiger partial charge in [0, 0.05) is 92.1 Å². The number of pyridine rings is 5. The van der Waals surface area contributed by atoms with E-state index in [1.165, 1.54) is 36.4 Å². The maximum atomic E-state index is 10.4. The van der Waals surface area contributed by atoms with Crippen molar-refractivity contribution in [2.24, 2.45) is 5.84 Å². The van der Waals surface area contributed by atoms with Gasteiger partial charge in [0.15, 0.2) is 24.8 Å². The van der Waals surface area contributed by atoms with Crippen molar-refractivity contribution in [2.45, 2.75) is 0 Å². The van der Waals surface area contributed by atoms with E-state index in [1.54, 1.807) is 97.8 Å². The van der Waals surface area contributed by atoms with Crippen LogP contribution in [-0.4, -0.2) is 61.0 Å². The summed E-state index contributed by atoms with van der Waals surface area (Å²) in [5.41, 5.74) is 10.9. The predicted molar refractivity (Wildman–Crippen MR) is 276 cm³/mol. The number of nitrogen functional groups attached to an aromatic ring is 2. The van der Waals surface area contributed by atoms with E-state index in [0.717, 1.165) is 47.2 Å². The number of rotatable bonds is 10. The third-order valence-electron chi connectivity index (χ3n) is 8.38. The Kier molecular flexibility index (Phi) is 34.1. The number of benzene rings is 4. The van der Waals surface area contributed by atoms with Crippen molar-refractivity contribution < 1.29 is 77.8 Å². The number of phenolic OH excluding ortho intramolecular Hbond substituents is 1. The molecule has 74 heavy (non-hydrogen) atoms. The maximum absolute atomic E-state index is 10.4. The first-order chi connectivity index (χ1) is 35.1. The van der Waals surface area contributed by atoms with E-state index in [9.17, 15) is 20.2 Å². The molecule has 0 spiro atoms. The van der Waals surface area contributed by atoms with Crippen LogP contribution >= 0.6 is 17.8 Å². The molecule has 19 nitrogen and oxygen atoms in total. The first-order valence-corrected chi connectivity index (χ1v) is 28.0. The van der Waals surface area contributed by atoms with Crippen LogP contribution in [0.3, 0.4) is 0 Å². The Labute approximate surface area is 464 Å². The van der Waals surface area contributed by atoms with Gasteiger partial charge in [0.25, 0.3) is 11.4 Å². The van der Waals surface area contributed by atoms with Gasteiger partial charge < -0.3 is 69.5 Å². The number of nitro groups is 2. The summed E-state index contributed by atoms with van der Waals surface area (Å²) >= 11 is -0.826. The summed E-state index contributed by atoms with van der Waals surface area (Å²) in [6.07, 6.45) is 17.8. The zero-order chi connectivity index (χ0) is 52.2. The molecule has 8 N–H and O–H groups in total. The van der Waals surface area contributed by atoms with Crippen LogP contribution in [0.25, 0.3) is 5.69 Å². The number of hydrogen-bond acceptors (Lipinski definition) is 15.